The van der Waals surface area contributed by atoms with E-state index in [1.807, 2.05) is 23.0 Å². The molecule has 1 aromatic heterocycles. The van der Waals surface area contributed by atoms with E-state index in [0.717, 1.165) is 25.4 Å². The number of rotatable bonds is 4. The van der Waals surface area contributed by atoms with Gasteiger partial charge in [-0.2, -0.15) is 5.10 Å². The van der Waals surface area contributed by atoms with Crippen molar-refractivity contribution in [3.8, 4) is 5.75 Å². The number of ether oxygens (including phenoxy) is 1. The van der Waals surface area contributed by atoms with E-state index in [0.29, 0.717) is 13.2 Å². The lowest BCUT2D eigenvalue weighted by Gasteiger charge is -2.28. The average molecular weight is 286 g/mol. The van der Waals surface area contributed by atoms with E-state index in [-0.39, 0.29) is 6.04 Å². The van der Waals surface area contributed by atoms with E-state index in [1.54, 1.807) is 0 Å². The molecule has 1 atom stereocenters. The summed E-state index contributed by atoms with van der Waals surface area (Å²) in [5.74, 6) is 0.986. The molecule has 5 nitrogen and oxygen atoms in total. The Kier molecular flexibility index (Phi) is 4.22. The zero-order valence-electron chi connectivity index (χ0n) is 12.4. The second-order valence-electron chi connectivity index (χ2n) is 5.31. The number of benzene rings is 1. The van der Waals surface area contributed by atoms with Gasteiger partial charge in [0.1, 0.15) is 12.4 Å². The summed E-state index contributed by atoms with van der Waals surface area (Å²) in [5, 5.41) is 4.37. The maximum atomic E-state index is 6.04. The molecule has 1 aromatic carbocycles. The molecule has 5 heteroatoms. The van der Waals surface area contributed by atoms with Crippen LogP contribution in [-0.2, 0) is 13.1 Å². The van der Waals surface area contributed by atoms with Crippen molar-refractivity contribution in [3.63, 3.8) is 0 Å². The highest BCUT2D eigenvalue weighted by Crippen LogP contribution is 2.28. The Hall–Kier alpha value is -1.85. The highest BCUT2D eigenvalue weighted by molar-refractivity contribution is 5.34. The van der Waals surface area contributed by atoms with Crippen molar-refractivity contribution in [2.75, 3.05) is 19.7 Å². The summed E-state index contributed by atoms with van der Waals surface area (Å²) < 4.78 is 7.78. The summed E-state index contributed by atoms with van der Waals surface area (Å²) in [6.45, 7) is 5.96. The fourth-order valence-electron chi connectivity index (χ4n) is 2.83. The van der Waals surface area contributed by atoms with Gasteiger partial charge in [-0.05, 0) is 13.0 Å². The largest absolute Gasteiger partial charge is 0.492 e. The summed E-state index contributed by atoms with van der Waals surface area (Å²) in [5.41, 5.74) is 8.44. The number of aromatic nitrogens is 2. The number of nitrogens with two attached hydrogens (primary N) is 1. The Labute approximate surface area is 125 Å². The summed E-state index contributed by atoms with van der Waals surface area (Å²) in [6.07, 6.45) is 4.02. The monoisotopic (exact) mass is 286 g/mol. The number of para-hydroxylation sites is 1. The first kappa shape index (κ1) is 14.1. The highest BCUT2D eigenvalue weighted by atomic mass is 16.5. The van der Waals surface area contributed by atoms with E-state index in [2.05, 4.69) is 35.3 Å². The minimum atomic E-state index is 0.181. The Morgan fingerprint density at radius 2 is 2.24 bits per heavy atom. The molecular formula is C16H22N4O. The number of hydrogen-bond acceptors (Lipinski definition) is 4. The molecule has 0 amide bonds. The summed E-state index contributed by atoms with van der Waals surface area (Å²) in [6, 6.07) is 8.40. The molecule has 112 valence electrons. The fourth-order valence-corrected chi connectivity index (χ4v) is 2.83. The van der Waals surface area contributed by atoms with Crippen LogP contribution in [0, 0.1) is 0 Å². The first-order valence-corrected chi connectivity index (χ1v) is 7.49. The third kappa shape index (κ3) is 2.94. The van der Waals surface area contributed by atoms with Crippen LogP contribution in [0.5, 0.6) is 5.75 Å². The van der Waals surface area contributed by atoms with Gasteiger partial charge in [-0.3, -0.25) is 9.58 Å². The van der Waals surface area contributed by atoms with Crippen LogP contribution in [0.2, 0.25) is 0 Å². The minimum Gasteiger partial charge on any atom is -0.492 e. The van der Waals surface area contributed by atoms with Gasteiger partial charge >= 0.3 is 0 Å². The van der Waals surface area contributed by atoms with Crippen molar-refractivity contribution in [1.82, 2.24) is 14.7 Å². The molecule has 0 aliphatic carbocycles. The molecule has 21 heavy (non-hydrogen) atoms. The average Bonchev–Trinajstić information content (AvgIpc) is 2.88. The SMILES string of the molecule is CCn1cc(C(CN)N2CCOc3ccccc3C2)cn1. The number of hydrogen-bond donors (Lipinski definition) is 1. The standard InChI is InChI=1S/C16H22N4O/c1-2-20-12-14(10-18-20)15(9-17)19-7-8-21-16-6-4-3-5-13(16)11-19/h3-6,10,12,15H,2,7-9,11,17H2,1H3. The van der Waals surface area contributed by atoms with Crippen molar-refractivity contribution in [2.45, 2.75) is 26.1 Å². The second kappa shape index (κ2) is 6.28. The Morgan fingerprint density at radius 3 is 3.00 bits per heavy atom. The second-order valence-corrected chi connectivity index (χ2v) is 5.31. The Bertz CT molecular complexity index is 595. The first-order valence-electron chi connectivity index (χ1n) is 7.49. The van der Waals surface area contributed by atoms with E-state index < -0.39 is 0 Å². The van der Waals surface area contributed by atoms with Crippen LogP contribution >= 0.6 is 0 Å². The summed E-state index contributed by atoms with van der Waals surface area (Å²) in [4.78, 5) is 2.38. The molecule has 0 spiro atoms. The van der Waals surface area contributed by atoms with Gasteiger partial charge in [0.2, 0.25) is 0 Å². The lowest BCUT2D eigenvalue weighted by atomic mass is 10.1. The molecular weight excluding hydrogens is 264 g/mol. The first-order chi connectivity index (χ1) is 10.3. The smallest absolute Gasteiger partial charge is 0.123 e. The van der Waals surface area contributed by atoms with E-state index in [1.165, 1.54) is 11.1 Å². The van der Waals surface area contributed by atoms with Crippen molar-refractivity contribution in [3.05, 3.63) is 47.8 Å². The molecule has 2 heterocycles. The van der Waals surface area contributed by atoms with Gasteiger partial charge in [-0.1, -0.05) is 18.2 Å². The maximum Gasteiger partial charge on any atom is 0.123 e. The normalized spacial score (nSPS) is 16.9. The highest BCUT2D eigenvalue weighted by Gasteiger charge is 2.24. The predicted molar refractivity (Wildman–Crippen MR) is 82.0 cm³/mol. The number of aryl methyl sites for hydroxylation is 1. The van der Waals surface area contributed by atoms with Crippen LogP contribution in [0.15, 0.2) is 36.7 Å². The van der Waals surface area contributed by atoms with E-state index in [4.69, 9.17) is 10.5 Å². The lowest BCUT2D eigenvalue weighted by molar-refractivity contribution is 0.172. The molecule has 2 aromatic rings. The molecule has 1 unspecified atom stereocenters. The zero-order valence-corrected chi connectivity index (χ0v) is 12.4. The van der Waals surface area contributed by atoms with Crippen LogP contribution in [0.25, 0.3) is 0 Å². The van der Waals surface area contributed by atoms with Crippen molar-refractivity contribution < 1.29 is 4.74 Å². The van der Waals surface area contributed by atoms with E-state index in [9.17, 15) is 0 Å². The third-order valence-electron chi connectivity index (χ3n) is 4.01. The maximum absolute atomic E-state index is 6.04. The number of nitrogens with zero attached hydrogens (tertiary/aromatic N) is 3. The van der Waals surface area contributed by atoms with Crippen LogP contribution in [-0.4, -0.2) is 34.4 Å². The Balaban J connectivity index is 1.84. The molecule has 0 radical (unpaired) electrons. The van der Waals surface area contributed by atoms with Crippen LogP contribution in [0.4, 0.5) is 0 Å². The molecule has 3 rings (SSSR count). The van der Waals surface area contributed by atoms with Crippen LogP contribution < -0.4 is 10.5 Å². The number of fused-ring (bicyclic) bond motifs is 1. The zero-order chi connectivity index (χ0) is 14.7. The van der Waals surface area contributed by atoms with Gasteiger partial charge in [0.25, 0.3) is 0 Å². The van der Waals surface area contributed by atoms with Crippen molar-refractivity contribution in [1.29, 1.82) is 0 Å². The van der Waals surface area contributed by atoms with Gasteiger partial charge in [-0.15, -0.1) is 0 Å². The molecule has 2 N–H and O–H groups in total. The fraction of sp³-hybridized carbons (Fsp3) is 0.438. The molecule has 0 saturated carbocycles. The van der Waals surface area contributed by atoms with Gasteiger partial charge in [0, 0.05) is 43.5 Å². The van der Waals surface area contributed by atoms with Crippen molar-refractivity contribution >= 4 is 0 Å². The van der Waals surface area contributed by atoms with Crippen molar-refractivity contribution in [2.24, 2.45) is 5.73 Å². The quantitative estimate of drug-likeness (QED) is 0.931. The molecule has 0 saturated heterocycles. The molecule has 0 bridgehead atoms. The predicted octanol–water partition coefficient (Wildman–Crippen LogP) is 1.80. The topological polar surface area (TPSA) is 56.3 Å². The Morgan fingerprint density at radius 1 is 1.38 bits per heavy atom. The summed E-state index contributed by atoms with van der Waals surface area (Å²) in [7, 11) is 0. The van der Waals surface area contributed by atoms with Gasteiger partial charge in [-0.25, -0.2) is 0 Å². The van der Waals surface area contributed by atoms with E-state index >= 15 is 0 Å². The van der Waals surface area contributed by atoms with Gasteiger partial charge in [0.05, 0.1) is 12.2 Å². The minimum absolute atomic E-state index is 0.181. The summed E-state index contributed by atoms with van der Waals surface area (Å²) >= 11 is 0. The molecule has 0 fully saturated rings. The molecule has 1 aliphatic heterocycles. The van der Waals surface area contributed by atoms with Gasteiger partial charge in [0.15, 0.2) is 0 Å². The third-order valence-corrected chi connectivity index (χ3v) is 4.01. The molecule has 1 aliphatic rings. The van der Waals surface area contributed by atoms with Gasteiger partial charge < -0.3 is 10.5 Å². The van der Waals surface area contributed by atoms with Crippen LogP contribution in [0.3, 0.4) is 0 Å². The lowest BCUT2D eigenvalue weighted by Crippen LogP contribution is -2.34. The van der Waals surface area contributed by atoms with Crippen LogP contribution in [0.1, 0.15) is 24.1 Å².